The highest BCUT2D eigenvalue weighted by atomic mass is 15.0. The molecule has 1 aromatic rings. The summed E-state index contributed by atoms with van der Waals surface area (Å²) in [4.78, 5) is 4.23. The number of nitrogens with one attached hydrogen (secondary N) is 1. The number of piperidine rings is 1. The second-order valence-electron chi connectivity index (χ2n) is 4.17. The van der Waals surface area contributed by atoms with E-state index in [1.165, 1.54) is 32.4 Å². The van der Waals surface area contributed by atoms with Crippen LogP contribution in [-0.4, -0.2) is 22.6 Å². The van der Waals surface area contributed by atoms with Crippen molar-refractivity contribution in [3.8, 4) is 0 Å². The molecule has 1 unspecified atom stereocenters. The fourth-order valence-corrected chi connectivity index (χ4v) is 2.13. The summed E-state index contributed by atoms with van der Waals surface area (Å²) in [6.45, 7) is 5.60. The minimum atomic E-state index is 0.866. The van der Waals surface area contributed by atoms with E-state index in [2.05, 4.69) is 28.0 Å². The Morgan fingerprint density at radius 2 is 2.57 bits per heavy atom. The molecule has 78 valence electrons. The van der Waals surface area contributed by atoms with Crippen molar-refractivity contribution < 1.29 is 0 Å². The lowest BCUT2D eigenvalue weighted by atomic mass is 9.96. The van der Waals surface area contributed by atoms with Gasteiger partial charge in [0.15, 0.2) is 0 Å². The summed E-state index contributed by atoms with van der Waals surface area (Å²) in [5.74, 6) is 2.00. The van der Waals surface area contributed by atoms with Gasteiger partial charge in [-0.15, -0.1) is 0 Å². The molecule has 1 N–H and O–H groups in total. The van der Waals surface area contributed by atoms with Crippen molar-refractivity contribution in [3.05, 3.63) is 18.2 Å². The smallest absolute Gasteiger partial charge is 0.105 e. The Hall–Kier alpha value is -0.830. The molecule has 2 heterocycles. The maximum atomic E-state index is 4.23. The zero-order valence-corrected chi connectivity index (χ0v) is 8.87. The summed E-state index contributed by atoms with van der Waals surface area (Å²) in [6, 6.07) is 0. The molecule has 0 aromatic carbocycles. The van der Waals surface area contributed by atoms with Crippen LogP contribution in [0.4, 0.5) is 0 Å². The van der Waals surface area contributed by atoms with Crippen LogP contribution < -0.4 is 5.32 Å². The molecular formula is C11H19N3. The van der Waals surface area contributed by atoms with Gasteiger partial charge in [0.1, 0.15) is 5.82 Å². The first-order valence-corrected chi connectivity index (χ1v) is 5.55. The molecule has 0 bridgehead atoms. The van der Waals surface area contributed by atoms with Crippen molar-refractivity contribution in [2.45, 2.75) is 32.7 Å². The summed E-state index contributed by atoms with van der Waals surface area (Å²) >= 11 is 0. The maximum Gasteiger partial charge on any atom is 0.105 e. The average Bonchev–Trinajstić information content (AvgIpc) is 2.63. The number of hydrogen-bond donors (Lipinski definition) is 1. The van der Waals surface area contributed by atoms with Crippen molar-refractivity contribution in [1.29, 1.82) is 0 Å². The molecule has 3 nitrogen and oxygen atoms in total. The molecule has 2 rings (SSSR count). The van der Waals surface area contributed by atoms with Gasteiger partial charge in [-0.3, -0.25) is 0 Å². The molecule has 1 saturated heterocycles. The van der Waals surface area contributed by atoms with Gasteiger partial charge in [0.05, 0.1) is 0 Å². The number of aromatic nitrogens is 2. The van der Waals surface area contributed by atoms with E-state index < -0.39 is 0 Å². The van der Waals surface area contributed by atoms with Crippen LogP contribution in [0.2, 0.25) is 0 Å². The fraction of sp³-hybridized carbons (Fsp3) is 0.727. The minimum absolute atomic E-state index is 0.866. The van der Waals surface area contributed by atoms with Crippen molar-refractivity contribution in [3.63, 3.8) is 0 Å². The van der Waals surface area contributed by atoms with Crippen molar-refractivity contribution in [2.75, 3.05) is 13.1 Å². The van der Waals surface area contributed by atoms with E-state index in [1.807, 2.05) is 6.20 Å². The van der Waals surface area contributed by atoms with E-state index in [9.17, 15) is 0 Å². The van der Waals surface area contributed by atoms with E-state index in [4.69, 9.17) is 0 Å². The van der Waals surface area contributed by atoms with Crippen LogP contribution in [0.1, 0.15) is 25.1 Å². The molecule has 0 saturated carbocycles. The maximum absolute atomic E-state index is 4.23. The van der Waals surface area contributed by atoms with Crippen LogP contribution >= 0.6 is 0 Å². The Balaban J connectivity index is 1.79. The molecule has 0 radical (unpaired) electrons. The van der Waals surface area contributed by atoms with Crippen molar-refractivity contribution >= 4 is 0 Å². The molecule has 0 amide bonds. The number of nitrogens with zero attached hydrogens (tertiary/aromatic N) is 2. The van der Waals surface area contributed by atoms with Crippen molar-refractivity contribution in [1.82, 2.24) is 14.9 Å². The fourth-order valence-electron chi connectivity index (χ4n) is 2.13. The third-order valence-electron chi connectivity index (χ3n) is 3.10. The van der Waals surface area contributed by atoms with Crippen LogP contribution in [0.5, 0.6) is 0 Å². The lowest BCUT2D eigenvalue weighted by Crippen LogP contribution is -2.30. The highest BCUT2D eigenvalue weighted by molar-refractivity contribution is 4.88. The summed E-state index contributed by atoms with van der Waals surface area (Å²) in [6.07, 6.45) is 7.97. The normalized spacial score (nSPS) is 22.5. The predicted octanol–water partition coefficient (Wildman–Crippen LogP) is 1.58. The number of rotatable bonds is 3. The highest BCUT2D eigenvalue weighted by Crippen LogP contribution is 2.15. The molecule has 1 atom stereocenters. The molecule has 1 aliphatic rings. The molecular weight excluding hydrogens is 174 g/mol. The van der Waals surface area contributed by atoms with Gasteiger partial charge in [0.25, 0.3) is 0 Å². The highest BCUT2D eigenvalue weighted by Gasteiger charge is 2.12. The molecule has 14 heavy (non-hydrogen) atoms. The minimum Gasteiger partial charge on any atom is -0.335 e. The Morgan fingerprint density at radius 3 is 3.21 bits per heavy atom. The molecule has 1 aromatic heterocycles. The number of imidazole rings is 1. The van der Waals surface area contributed by atoms with Gasteiger partial charge in [-0.1, -0.05) is 0 Å². The van der Waals surface area contributed by atoms with E-state index in [-0.39, 0.29) is 0 Å². The topological polar surface area (TPSA) is 29.9 Å². The first kappa shape index (κ1) is 9.71. The predicted molar refractivity (Wildman–Crippen MR) is 57.2 cm³/mol. The number of hydrogen-bond acceptors (Lipinski definition) is 2. The summed E-state index contributed by atoms with van der Waals surface area (Å²) in [5.41, 5.74) is 0. The van der Waals surface area contributed by atoms with Gasteiger partial charge in [-0.2, -0.15) is 0 Å². The van der Waals surface area contributed by atoms with Gasteiger partial charge in [-0.25, -0.2) is 4.98 Å². The van der Waals surface area contributed by atoms with E-state index >= 15 is 0 Å². The third kappa shape index (κ3) is 2.35. The van der Waals surface area contributed by atoms with Crippen LogP contribution in [0.3, 0.4) is 0 Å². The van der Waals surface area contributed by atoms with Gasteiger partial charge < -0.3 is 9.88 Å². The first-order valence-electron chi connectivity index (χ1n) is 5.55. The average molecular weight is 193 g/mol. The van der Waals surface area contributed by atoms with Gasteiger partial charge in [0, 0.05) is 18.9 Å². The Morgan fingerprint density at radius 1 is 1.64 bits per heavy atom. The van der Waals surface area contributed by atoms with E-state index in [0.29, 0.717) is 0 Å². The summed E-state index contributed by atoms with van der Waals surface area (Å²) < 4.78 is 2.24. The Labute approximate surface area is 85.5 Å². The summed E-state index contributed by atoms with van der Waals surface area (Å²) in [5, 5.41) is 3.45. The molecule has 1 fully saturated rings. The monoisotopic (exact) mass is 193 g/mol. The molecule has 1 aliphatic heterocycles. The van der Waals surface area contributed by atoms with Crippen LogP contribution in [0.15, 0.2) is 12.4 Å². The van der Waals surface area contributed by atoms with Gasteiger partial charge >= 0.3 is 0 Å². The van der Waals surface area contributed by atoms with Crippen LogP contribution in [0.25, 0.3) is 0 Å². The zero-order valence-electron chi connectivity index (χ0n) is 8.87. The quantitative estimate of drug-likeness (QED) is 0.790. The summed E-state index contributed by atoms with van der Waals surface area (Å²) in [7, 11) is 0. The largest absolute Gasteiger partial charge is 0.335 e. The van der Waals surface area contributed by atoms with Crippen molar-refractivity contribution in [2.24, 2.45) is 5.92 Å². The Kier molecular flexibility index (Phi) is 3.19. The third-order valence-corrected chi connectivity index (χ3v) is 3.10. The lowest BCUT2D eigenvalue weighted by Gasteiger charge is -2.22. The van der Waals surface area contributed by atoms with E-state index in [1.54, 1.807) is 0 Å². The molecule has 0 spiro atoms. The van der Waals surface area contributed by atoms with Gasteiger partial charge in [-0.05, 0) is 45.2 Å². The van der Waals surface area contributed by atoms with Crippen LogP contribution in [-0.2, 0) is 6.54 Å². The second-order valence-corrected chi connectivity index (χ2v) is 4.17. The molecule has 0 aliphatic carbocycles. The van der Waals surface area contributed by atoms with E-state index in [0.717, 1.165) is 18.3 Å². The number of aryl methyl sites for hydroxylation is 2. The SMILES string of the molecule is Cc1nccn1CCC1CCCNC1. The first-order chi connectivity index (χ1) is 6.86. The standard InChI is InChI=1S/C11H19N3/c1-10-13-6-8-14(10)7-4-11-3-2-5-12-9-11/h6,8,11-12H,2-5,7,9H2,1H3. The zero-order chi connectivity index (χ0) is 9.80. The van der Waals surface area contributed by atoms with Gasteiger partial charge in [0.2, 0.25) is 0 Å². The molecule has 3 heteroatoms. The Bertz CT molecular complexity index is 274. The lowest BCUT2D eigenvalue weighted by molar-refractivity contribution is 0.340. The van der Waals surface area contributed by atoms with Crippen LogP contribution in [0, 0.1) is 12.8 Å². The second kappa shape index (κ2) is 4.60.